The normalized spacial score (nSPS) is 11.1. The van der Waals surface area contributed by atoms with Gasteiger partial charge in [0, 0.05) is 12.1 Å². The smallest absolute Gasteiger partial charge is 0.420 e. The van der Waals surface area contributed by atoms with Gasteiger partial charge in [0.05, 0.1) is 17.6 Å². The number of ether oxygens (including phenoxy) is 2. The Kier molecular flexibility index (Phi) is 5.49. The molecule has 138 valence electrons. The summed E-state index contributed by atoms with van der Waals surface area (Å²) in [6.45, 7) is 1.07. The van der Waals surface area contributed by atoms with Gasteiger partial charge in [-0.3, -0.25) is 14.9 Å². The van der Waals surface area contributed by atoms with Gasteiger partial charge in [0.15, 0.2) is 6.61 Å². The summed E-state index contributed by atoms with van der Waals surface area (Å²) in [5, 5.41) is 10.7. The van der Waals surface area contributed by atoms with E-state index in [-0.39, 0.29) is 11.3 Å². The molecular formula is C17H14F3NO5. The van der Waals surface area contributed by atoms with Crippen LogP contribution in [0.3, 0.4) is 0 Å². The van der Waals surface area contributed by atoms with Crippen molar-refractivity contribution in [3.8, 4) is 11.5 Å². The summed E-state index contributed by atoms with van der Waals surface area (Å²) >= 11 is 0. The molecular weight excluding hydrogens is 355 g/mol. The predicted molar refractivity (Wildman–Crippen MR) is 85.7 cm³/mol. The highest BCUT2D eigenvalue weighted by atomic mass is 19.4. The summed E-state index contributed by atoms with van der Waals surface area (Å²) in [6, 6.07) is 6.88. The lowest BCUT2D eigenvalue weighted by Gasteiger charge is -2.14. The number of methoxy groups -OCH3 is 1. The van der Waals surface area contributed by atoms with Gasteiger partial charge in [-0.15, -0.1) is 0 Å². The van der Waals surface area contributed by atoms with Crippen molar-refractivity contribution in [2.75, 3.05) is 13.7 Å². The van der Waals surface area contributed by atoms with E-state index in [0.717, 1.165) is 17.7 Å². The van der Waals surface area contributed by atoms with Crippen LogP contribution in [0.5, 0.6) is 11.5 Å². The highest BCUT2D eigenvalue weighted by molar-refractivity contribution is 6.00. The molecule has 6 nitrogen and oxygen atoms in total. The van der Waals surface area contributed by atoms with E-state index in [9.17, 15) is 28.1 Å². The summed E-state index contributed by atoms with van der Waals surface area (Å²) in [4.78, 5) is 22.0. The number of non-ortho nitro benzene ring substituents is 1. The lowest BCUT2D eigenvalue weighted by molar-refractivity contribution is -0.385. The second-order valence-electron chi connectivity index (χ2n) is 5.35. The van der Waals surface area contributed by atoms with Crippen molar-refractivity contribution >= 4 is 11.5 Å². The molecule has 0 aliphatic rings. The first-order valence-corrected chi connectivity index (χ1v) is 7.29. The number of halogens is 3. The Morgan fingerprint density at radius 3 is 2.38 bits per heavy atom. The molecule has 0 heterocycles. The average Bonchev–Trinajstić information content (AvgIpc) is 2.58. The fraction of sp³-hybridized carbons (Fsp3) is 0.235. The van der Waals surface area contributed by atoms with Crippen molar-refractivity contribution in [1.82, 2.24) is 0 Å². The minimum absolute atomic E-state index is 0.169. The van der Waals surface area contributed by atoms with Gasteiger partial charge in [-0.2, -0.15) is 13.2 Å². The largest absolute Gasteiger partial charge is 0.496 e. The fourth-order valence-electron chi connectivity index (χ4n) is 2.24. The van der Waals surface area contributed by atoms with E-state index >= 15 is 0 Å². The Morgan fingerprint density at radius 2 is 1.81 bits per heavy atom. The van der Waals surface area contributed by atoms with Gasteiger partial charge in [-0.25, -0.2) is 0 Å². The van der Waals surface area contributed by atoms with Crippen LogP contribution in [-0.2, 0) is 6.18 Å². The zero-order valence-electron chi connectivity index (χ0n) is 13.8. The Morgan fingerprint density at radius 1 is 1.15 bits per heavy atom. The molecule has 0 saturated heterocycles. The summed E-state index contributed by atoms with van der Waals surface area (Å²) in [5.74, 6) is -0.982. The number of Topliss-reactive ketones (excluding diaryl/α,β-unsaturated/α-hetero) is 1. The number of nitro benzene ring substituents is 1. The zero-order chi connectivity index (χ0) is 19.5. The molecule has 0 fully saturated rings. The second kappa shape index (κ2) is 7.42. The molecule has 0 radical (unpaired) electrons. The van der Waals surface area contributed by atoms with Crippen LogP contribution >= 0.6 is 0 Å². The van der Waals surface area contributed by atoms with Crippen LogP contribution in [0.1, 0.15) is 21.5 Å². The number of ketones is 1. The number of aryl methyl sites for hydroxylation is 1. The number of carbonyl (C=O) groups is 1. The predicted octanol–water partition coefficient (Wildman–Crippen LogP) is 4.19. The third kappa shape index (κ3) is 4.29. The number of nitro groups is 1. The SMILES string of the molecule is COc1ccc(C)cc1C(=O)COc1ccc([N+](=O)[O-])cc1C(F)(F)F. The quantitative estimate of drug-likeness (QED) is 0.433. The highest BCUT2D eigenvalue weighted by Gasteiger charge is 2.36. The molecule has 0 aliphatic heterocycles. The van der Waals surface area contributed by atoms with Crippen LogP contribution in [-0.4, -0.2) is 24.4 Å². The summed E-state index contributed by atoms with van der Waals surface area (Å²) in [7, 11) is 1.36. The molecule has 0 atom stereocenters. The number of nitrogens with zero attached hydrogens (tertiary/aromatic N) is 1. The first-order chi connectivity index (χ1) is 12.1. The minimum atomic E-state index is -4.87. The summed E-state index contributed by atoms with van der Waals surface area (Å²) in [5.41, 5.74) is -1.12. The van der Waals surface area contributed by atoms with Crippen LogP contribution in [0.25, 0.3) is 0 Å². The average molecular weight is 369 g/mol. The molecule has 0 bridgehead atoms. The summed E-state index contributed by atoms with van der Waals surface area (Å²) in [6.07, 6.45) is -4.87. The van der Waals surface area contributed by atoms with Crippen LogP contribution in [0.4, 0.5) is 18.9 Å². The van der Waals surface area contributed by atoms with Crippen molar-refractivity contribution in [2.24, 2.45) is 0 Å². The van der Waals surface area contributed by atoms with Crippen molar-refractivity contribution in [3.63, 3.8) is 0 Å². The maximum absolute atomic E-state index is 13.1. The number of carbonyl (C=O) groups excluding carboxylic acids is 1. The minimum Gasteiger partial charge on any atom is -0.496 e. The lowest BCUT2D eigenvalue weighted by Crippen LogP contribution is -2.16. The van der Waals surface area contributed by atoms with E-state index in [4.69, 9.17) is 9.47 Å². The Balaban J connectivity index is 2.28. The molecule has 2 rings (SSSR count). The van der Waals surface area contributed by atoms with Crippen molar-refractivity contribution in [2.45, 2.75) is 13.1 Å². The van der Waals surface area contributed by atoms with Crippen molar-refractivity contribution < 1.29 is 32.4 Å². The fourth-order valence-corrected chi connectivity index (χ4v) is 2.24. The van der Waals surface area contributed by atoms with Gasteiger partial charge >= 0.3 is 6.18 Å². The molecule has 0 aliphatic carbocycles. The molecule has 2 aromatic rings. The van der Waals surface area contributed by atoms with Gasteiger partial charge in [-0.05, 0) is 25.1 Å². The van der Waals surface area contributed by atoms with Gasteiger partial charge in [0.1, 0.15) is 17.1 Å². The van der Waals surface area contributed by atoms with Crippen LogP contribution < -0.4 is 9.47 Å². The molecule has 0 amide bonds. The molecule has 9 heteroatoms. The number of rotatable bonds is 6. The van der Waals surface area contributed by atoms with Crippen LogP contribution in [0.15, 0.2) is 36.4 Å². The first kappa shape index (κ1) is 19.2. The van der Waals surface area contributed by atoms with Crippen LogP contribution in [0, 0.1) is 17.0 Å². The first-order valence-electron chi connectivity index (χ1n) is 7.29. The third-order valence-corrected chi connectivity index (χ3v) is 3.49. The topological polar surface area (TPSA) is 78.7 Å². The molecule has 26 heavy (non-hydrogen) atoms. The van der Waals surface area contributed by atoms with E-state index in [2.05, 4.69) is 0 Å². The van der Waals surface area contributed by atoms with Gasteiger partial charge in [-0.1, -0.05) is 11.6 Å². The standard InChI is InChI=1S/C17H14F3NO5/c1-10-3-5-15(25-2)12(7-10)14(22)9-26-16-6-4-11(21(23)24)8-13(16)17(18,19)20/h3-8H,9H2,1-2H3. The van der Waals surface area contributed by atoms with Crippen molar-refractivity contribution in [3.05, 3.63) is 63.2 Å². The number of benzene rings is 2. The third-order valence-electron chi connectivity index (χ3n) is 3.49. The second-order valence-corrected chi connectivity index (χ2v) is 5.35. The summed E-state index contributed by atoms with van der Waals surface area (Å²) < 4.78 is 49.4. The highest BCUT2D eigenvalue weighted by Crippen LogP contribution is 2.38. The Hall–Kier alpha value is -3.10. The van der Waals surface area contributed by atoms with E-state index in [1.807, 2.05) is 0 Å². The molecule has 0 aromatic heterocycles. The van der Waals surface area contributed by atoms with Crippen molar-refractivity contribution in [1.29, 1.82) is 0 Å². The molecule has 2 aromatic carbocycles. The zero-order valence-corrected chi connectivity index (χ0v) is 13.8. The van der Waals surface area contributed by atoms with Gasteiger partial charge in [0.25, 0.3) is 5.69 Å². The lowest BCUT2D eigenvalue weighted by atomic mass is 10.1. The Bertz CT molecular complexity index is 849. The van der Waals surface area contributed by atoms with Gasteiger partial charge < -0.3 is 9.47 Å². The van der Waals surface area contributed by atoms with E-state index < -0.39 is 40.5 Å². The maximum atomic E-state index is 13.1. The van der Waals surface area contributed by atoms with Gasteiger partial charge in [0.2, 0.25) is 5.78 Å². The number of hydrogen-bond acceptors (Lipinski definition) is 5. The van der Waals surface area contributed by atoms with E-state index in [1.165, 1.54) is 13.2 Å². The monoisotopic (exact) mass is 369 g/mol. The Labute approximate surface area is 146 Å². The molecule has 0 saturated carbocycles. The number of hydrogen-bond donors (Lipinski definition) is 0. The molecule has 0 N–H and O–H groups in total. The van der Waals surface area contributed by atoms with E-state index in [0.29, 0.717) is 6.07 Å². The van der Waals surface area contributed by atoms with E-state index in [1.54, 1.807) is 19.1 Å². The number of alkyl halides is 3. The van der Waals surface area contributed by atoms with Crippen LogP contribution in [0.2, 0.25) is 0 Å². The molecule has 0 unspecified atom stereocenters. The molecule has 0 spiro atoms. The maximum Gasteiger partial charge on any atom is 0.420 e.